The van der Waals surface area contributed by atoms with Crippen LogP contribution < -0.4 is 15.2 Å². The van der Waals surface area contributed by atoms with Crippen LogP contribution >= 0.6 is 0 Å². The van der Waals surface area contributed by atoms with Gasteiger partial charge in [0.1, 0.15) is 0 Å². The first-order chi connectivity index (χ1) is 12.0. The van der Waals surface area contributed by atoms with Gasteiger partial charge in [0.2, 0.25) is 5.95 Å². The van der Waals surface area contributed by atoms with Crippen LogP contribution in [0.2, 0.25) is 0 Å². The van der Waals surface area contributed by atoms with Crippen molar-refractivity contribution in [2.24, 2.45) is 0 Å². The lowest BCUT2D eigenvalue weighted by molar-refractivity contribution is 0.355. The van der Waals surface area contributed by atoms with Crippen LogP contribution in [0.3, 0.4) is 0 Å². The highest BCUT2D eigenvalue weighted by atomic mass is 16.5. The second-order valence-electron chi connectivity index (χ2n) is 5.87. The van der Waals surface area contributed by atoms with E-state index in [1.165, 1.54) is 11.1 Å². The van der Waals surface area contributed by atoms with Crippen molar-refractivity contribution < 1.29 is 9.47 Å². The molecule has 1 heterocycles. The van der Waals surface area contributed by atoms with Crippen molar-refractivity contribution in [2.45, 2.75) is 13.8 Å². The van der Waals surface area contributed by atoms with Gasteiger partial charge in [0, 0.05) is 11.1 Å². The normalized spacial score (nSPS) is 10.6. The van der Waals surface area contributed by atoms with Crippen molar-refractivity contribution in [1.29, 1.82) is 0 Å². The summed E-state index contributed by atoms with van der Waals surface area (Å²) < 4.78 is 10.7. The van der Waals surface area contributed by atoms with Crippen LogP contribution in [0.4, 0.5) is 5.95 Å². The lowest BCUT2D eigenvalue weighted by Crippen LogP contribution is -1.99. The molecule has 25 heavy (non-hydrogen) atoms. The Bertz CT molecular complexity index is 923. The molecular weight excluding hydrogens is 314 g/mol. The number of rotatable bonds is 4. The molecule has 2 aromatic carbocycles. The highest BCUT2D eigenvalue weighted by Crippen LogP contribution is 2.33. The van der Waals surface area contributed by atoms with E-state index in [1.807, 2.05) is 30.3 Å². The maximum atomic E-state index is 5.95. The Morgan fingerprint density at radius 2 is 1.32 bits per heavy atom. The number of benzene rings is 2. The Hall–Kier alpha value is -3.08. The summed E-state index contributed by atoms with van der Waals surface area (Å²) in [5.74, 6) is 1.55. The van der Waals surface area contributed by atoms with Gasteiger partial charge in [-0.05, 0) is 55.3 Å². The molecule has 3 rings (SSSR count). The van der Waals surface area contributed by atoms with Crippen LogP contribution in [-0.2, 0) is 0 Å². The summed E-state index contributed by atoms with van der Waals surface area (Å²) in [6, 6.07) is 13.8. The summed E-state index contributed by atoms with van der Waals surface area (Å²) in [7, 11) is 3.22. The Morgan fingerprint density at radius 3 is 1.92 bits per heavy atom. The zero-order chi connectivity index (χ0) is 18.0. The average Bonchev–Trinajstić information content (AvgIpc) is 2.62. The molecule has 2 N–H and O–H groups in total. The number of ether oxygens (including phenoxy) is 2. The molecule has 0 saturated carbocycles. The molecule has 0 atom stereocenters. The number of nitrogens with zero attached hydrogens (tertiary/aromatic N) is 2. The van der Waals surface area contributed by atoms with E-state index in [9.17, 15) is 0 Å². The number of hydrogen-bond acceptors (Lipinski definition) is 5. The summed E-state index contributed by atoms with van der Waals surface area (Å²) in [6.07, 6.45) is 0. The third-order valence-corrected chi connectivity index (χ3v) is 4.23. The zero-order valence-electron chi connectivity index (χ0n) is 14.8. The van der Waals surface area contributed by atoms with Gasteiger partial charge >= 0.3 is 0 Å². The molecule has 0 unspecified atom stereocenters. The molecule has 3 aromatic rings. The molecule has 0 spiro atoms. The maximum Gasteiger partial charge on any atom is 0.221 e. The quantitative estimate of drug-likeness (QED) is 0.779. The predicted molar refractivity (Wildman–Crippen MR) is 99.9 cm³/mol. The monoisotopic (exact) mass is 335 g/mol. The second-order valence-corrected chi connectivity index (χ2v) is 5.87. The maximum absolute atomic E-state index is 5.95. The largest absolute Gasteiger partial charge is 0.493 e. The van der Waals surface area contributed by atoms with Crippen LogP contribution in [0.1, 0.15) is 11.1 Å². The first-order valence-corrected chi connectivity index (χ1v) is 7.96. The molecule has 0 radical (unpaired) electrons. The van der Waals surface area contributed by atoms with Crippen molar-refractivity contribution in [2.75, 3.05) is 20.0 Å². The third kappa shape index (κ3) is 3.40. The summed E-state index contributed by atoms with van der Waals surface area (Å²) >= 11 is 0. The summed E-state index contributed by atoms with van der Waals surface area (Å²) in [4.78, 5) is 8.76. The van der Waals surface area contributed by atoms with E-state index >= 15 is 0 Å². The minimum Gasteiger partial charge on any atom is -0.493 e. The minimum absolute atomic E-state index is 0.237. The van der Waals surface area contributed by atoms with Crippen molar-refractivity contribution in [3.05, 3.63) is 53.6 Å². The fourth-order valence-corrected chi connectivity index (χ4v) is 2.66. The van der Waals surface area contributed by atoms with Gasteiger partial charge in [0.05, 0.1) is 25.6 Å². The SMILES string of the molecule is COc1ccc(-c2cc(-c3ccc(C)c(C)c3)nc(N)n2)cc1OC. The zero-order valence-corrected chi connectivity index (χ0v) is 14.8. The Morgan fingerprint density at radius 1 is 0.720 bits per heavy atom. The number of aryl methyl sites for hydroxylation is 2. The van der Waals surface area contributed by atoms with E-state index in [0.717, 1.165) is 22.5 Å². The number of anilines is 1. The van der Waals surface area contributed by atoms with Gasteiger partial charge in [-0.1, -0.05) is 12.1 Å². The molecule has 0 aliphatic heterocycles. The van der Waals surface area contributed by atoms with Crippen molar-refractivity contribution in [1.82, 2.24) is 9.97 Å². The number of hydrogen-bond donors (Lipinski definition) is 1. The Labute approximate surface area is 147 Å². The molecule has 5 heteroatoms. The first-order valence-electron chi connectivity index (χ1n) is 7.96. The summed E-state index contributed by atoms with van der Waals surface area (Å²) in [6.45, 7) is 4.17. The second kappa shape index (κ2) is 6.81. The van der Waals surface area contributed by atoms with Crippen molar-refractivity contribution >= 4 is 5.95 Å². The predicted octanol–water partition coefficient (Wildman–Crippen LogP) is 4.03. The van der Waals surface area contributed by atoms with Crippen LogP contribution in [0.5, 0.6) is 11.5 Å². The molecule has 1 aromatic heterocycles. The van der Waals surface area contributed by atoms with E-state index in [4.69, 9.17) is 15.2 Å². The van der Waals surface area contributed by atoms with Crippen molar-refractivity contribution in [3.8, 4) is 34.0 Å². The topological polar surface area (TPSA) is 70.3 Å². The molecule has 0 aliphatic rings. The van der Waals surface area contributed by atoms with Crippen LogP contribution in [0.15, 0.2) is 42.5 Å². The smallest absolute Gasteiger partial charge is 0.221 e. The van der Waals surface area contributed by atoms with Crippen molar-refractivity contribution in [3.63, 3.8) is 0 Å². The number of nitrogen functional groups attached to an aromatic ring is 1. The van der Waals surface area contributed by atoms with Gasteiger partial charge < -0.3 is 15.2 Å². The van der Waals surface area contributed by atoms with Gasteiger partial charge in [-0.25, -0.2) is 9.97 Å². The number of aromatic nitrogens is 2. The molecule has 0 fully saturated rings. The molecule has 0 saturated heterocycles. The lowest BCUT2D eigenvalue weighted by Gasteiger charge is -2.11. The molecule has 0 aliphatic carbocycles. The first kappa shape index (κ1) is 16.8. The fraction of sp³-hybridized carbons (Fsp3) is 0.200. The van der Waals surface area contributed by atoms with Gasteiger partial charge in [0.15, 0.2) is 11.5 Å². The summed E-state index contributed by atoms with van der Waals surface area (Å²) in [5, 5.41) is 0. The molecule has 5 nitrogen and oxygen atoms in total. The van der Waals surface area contributed by atoms with Crippen LogP contribution in [0, 0.1) is 13.8 Å². The van der Waals surface area contributed by atoms with E-state index in [-0.39, 0.29) is 5.95 Å². The number of nitrogens with two attached hydrogens (primary N) is 1. The number of methoxy groups -OCH3 is 2. The molecular formula is C20H21N3O2. The highest BCUT2D eigenvalue weighted by molar-refractivity contribution is 5.71. The Kier molecular flexibility index (Phi) is 4.57. The van der Waals surface area contributed by atoms with Gasteiger partial charge in [-0.3, -0.25) is 0 Å². The van der Waals surface area contributed by atoms with E-state index < -0.39 is 0 Å². The standard InChI is InChI=1S/C20H21N3O2/c1-12-5-6-14(9-13(12)2)16-11-17(23-20(21)22-16)15-7-8-18(24-3)19(10-15)25-4/h5-11H,1-4H3,(H2,21,22,23). The Balaban J connectivity index is 2.09. The van der Waals surface area contributed by atoms with Gasteiger partial charge in [0.25, 0.3) is 0 Å². The van der Waals surface area contributed by atoms with E-state index in [0.29, 0.717) is 11.5 Å². The van der Waals surface area contributed by atoms with Gasteiger partial charge in [-0.2, -0.15) is 0 Å². The lowest BCUT2D eigenvalue weighted by atomic mass is 10.0. The molecule has 0 bridgehead atoms. The van der Waals surface area contributed by atoms with Gasteiger partial charge in [-0.15, -0.1) is 0 Å². The summed E-state index contributed by atoms with van der Waals surface area (Å²) in [5.41, 5.74) is 11.8. The molecule has 0 amide bonds. The van der Waals surface area contributed by atoms with Crippen LogP contribution in [0.25, 0.3) is 22.5 Å². The highest BCUT2D eigenvalue weighted by Gasteiger charge is 2.11. The average molecular weight is 335 g/mol. The third-order valence-electron chi connectivity index (χ3n) is 4.23. The van der Waals surface area contributed by atoms with Crippen LogP contribution in [-0.4, -0.2) is 24.2 Å². The van der Waals surface area contributed by atoms with E-state index in [2.05, 4.69) is 35.9 Å². The van der Waals surface area contributed by atoms with E-state index in [1.54, 1.807) is 14.2 Å². The molecule has 128 valence electrons. The minimum atomic E-state index is 0.237. The fourth-order valence-electron chi connectivity index (χ4n) is 2.66.